The molecule has 6 rings (SSSR count). The van der Waals surface area contributed by atoms with Gasteiger partial charge in [-0.1, -0.05) is 42.8 Å². The zero-order valence-corrected chi connectivity index (χ0v) is 45.0. The lowest BCUT2D eigenvalue weighted by atomic mass is 10.1. The Labute approximate surface area is 463 Å². The lowest BCUT2D eigenvalue weighted by Gasteiger charge is -2.36. The van der Waals surface area contributed by atoms with E-state index < -0.39 is 54.0 Å². The van der Waals surface area contributed by atoms with Gasteiger partial charge >= 0.3 is 42.3 Å². The summed E-state index contributed by atoms with van der Waals surface area (Å²) in [6, 6.07) is 11.6. The van der Waals surface area contributed by atoms with E-state index in [-0.39, 0.29) is 63.6 Å². The summed E-state index contributed by atoms with van der Waals surface area (Å²) in [4.78, 5) is 68.0. The molecule has 448 valence electrons. The van der Waals surface area contributed by atoms with Crippen LogP contribution in [-0.4, -0.2) is 182 Å². The molecule has 2 unspecified atom stereocenters. The summed E-state index contributed by atoms with van der Waals surface area (Å²) in [5.74, 6) is -0.104. The van der Waals surface area contributed by atoms with E-state index in [0.717, 1.165) is 67.4 Å². The largest absolute Gasteiger partial charge is 0.444 e. The first-order valence-electron chi connectivity index (χ1n) is 24.0. The van der Waals surface area contributed by atoms with Gasteiger partial charge in [-0.15, -0.1) is 0 Å². The minimum absolute atomic E-state index is 0. The van der Waals surface area contributed by atoms with Gasteiger partial charge in [0.15, 0.2) is 0 Å². The van der Waals surface area contributed by atoms with Crippen LogP contribution in [0, 0.1) is 0 Å². The molecule has 4 amide bonds. The van der Waals surface area contributed by atoms with E-state index in [0.29, 0.717) is 42.8 Å². The van der Waals surface area contributed by atoms with Gasteiger partial charge in [0.1, 0.15) is 5.60 Å². The summed E-state index contributed by atoms with van der Waals surface area (Å²) in [6.45, 7) is 16.1. The number of hydrogen-bond donors (Lipinski definition) is 2. The van der Waals surface area contributed by atoms with E-state index in [1.165, 1.54) is 12.5 Å². The molecule has 4 fully saturated rings. The van der Waals surface area contributed by atoms with E-state index in [9.17, 15) is 76.7 Å². The summed E-state index contributed by atoms with van der Waals surface area (Å²) in [6.07, 6.45) is -31.5. The number of carbonyl (C=O) groups is 5. The Bertz CT molecular complexity index is 2340. The number of anilines is 2. The normalized spacial score (nSPS) is 18.7. The third-order valence-electron chi connectivity index (χ3n) is 12.0. The highest BCUT2D eigenvalue weighted by Crippen LogP contribution is 2.38. The molecule has 79 heavy (non-hydrogen) atoms. The van der Waals surface area contributed by atoms with E-state index >= 15 is 0 Å². The fourth-order valence-corrected chi connectivity index (χ4v) is 9.01. The van der Waals surface area contributed by atoms with Gasteiger partial charge in [-0.3, -0.25) is 19.4 Å². The third kappa shape index (κ3) is 22.4. The highest BCUT2D eigenvalue weighted by molar-refractivity contribution is 6.61. The number of nitrogens with zero attached hydrogens (tertiary/aromatic N) is 6. The highest BCUT2D eigenvalue weighted by atomic mass is 35.5. The SMILES string of the molecule is C.CC(=O)NC1CCN(c2cc(Cl)ccc2CN2CCN(C(=O)OC(C(F)(F)F)C(F)(F)F)CC2)C1.CC(=O)NC1CCN(c2cc(Cl)ccc2CN2CCN(C(=O)OC(C)(C)C)CC2)C1.O=C(Cl)OC(C(F)(F)F)C(F)(F)F. The zero-order valence-electron chi connectivity index (χ0n) is 42.7. The van der Waals surface area contributed by atoms with Gasteiger partial charge in [-0.2, -0.15) is 52.7 Å². The van der Waals surface area contributed by atoms with Crippen molar-refractivity contribution in [1.29, 1.82) is 0 Å². The predicted octanol–water partition coefficient (Wildman–Crippen LogP) is 10.4. The Morgan fingerprint density at radius 1 is 0.557 bits per heavy atom. The number of rotatable bonds is 10. The Balaban J connectivity index is 0.000000339. The molecule has 2 aromatic carbocycles. The molecule has 2 atom stereocenters. The highest BCUT2D eigenvalue weighted by Gasteiger charge is 2.61. The second-order valence-electron chi connectivity index (χ2n) is 19.5. The number of hydrogen-bond acceptors (Lipinski definition) is 12. The number of piperazine rings is 2. The Morgan fingerprint density at radius 2 is 0.899 bits per heavy atom. The van der Waals surface area contributed by atoms with Crippen LogP contribution < -0.4 is 20.4 Å². The van der Waals surface area contributed by atoms with Crippen LogP contribution in [0.15, 0.2) is 36.4 Å². The summed E-state index contributed by atoms with van der Waals surface area (Å²) < 4.78 is 157. The van der Waals surface area contributed by atoms with Gasteiger partial charge in [0.2, 0.25) is 11.8 Å². The molecular weight excluding hydrogens is 1150 g/mol. The number of ether oxygens (including phenoxy) is 3. The molecule has 0 radical (unpaired) electrons. The van der Waals surface area contributed by atoms with Gasteiger partial charge in [0.05, 0.1) is 0 Å². The number of amides is 4. The molecule has 16 nitrogen and oxygen atoms in total. The molecule has 0 aromatic heterocycles. The predicted molar refractivity (Wildman–Crippen MR) is 269 cm³/mol. The fraction of sp³-hybridized carbons (Fsp3) is 0.646. The van der Waals surface area contributed by atoms with E-state index in [1.54, 1.807) is 17.9 Å². The quantitative estimate of drug-likeness (QED) is 0.132. The average Bonchev–Trinajstić information content (AvgIpc) is 3.96. The number of carbonyl (C=O) groups excluding carboxylic acids is 5. The van der Waals surface area contributed by atoms with Crippen LogP contribution in [-0.2, 0) is 36.9 Å². The smallest absolute Gasteiger partial charge is 0.434 e. The van der Waals surface area contributed by atoms with Gasteiger partial charge in [-0.05, 0) is 69.0 Å². The number of halogens is 15. The van der Waals surface area contributed by atoms with Crippen molar-refractivity contribution in [2.75, 3.05) is 88.3 Å². The molecule has 31 heteroatoms. The van der Waals surface area contributed by atoms with Crippen molar-refractivity contribution in [3.8, 4) is 0 Å². The summed E-state index contributed by atoms with van der Waals surface area (Å²) in [5.41, 5.74) is 1.50. The molecule has 4 saturated heterocycles. The molecule has 4 aliphatic rings. The summed E-state index contributed by atoms with van der Waals surface area (Å²) in [5, 5.41) is 7.15. The van der Waals surface area contributed by atoms with Crippen molar-refractivity contribution in [2.24, 2.45) is 0 Å². The van der Waals surface area contributed by atoms with Crippen molar-refractivity contribution in [3.05, 3.63) is 57.6 Å². The zero-order chi connectivity index (χ0) is 58.7. The van der Waals surface area contributed by atoms with Gasteiger partial charge in [0, 0.05) is 151 Å². The number of benzene rings is 2. The maximum absolute atomic E-state index is 12.7. The molecule has 4 aliphatic heterocycles. The van der Waals surface area contributed by atoms with Crippen LogP contribution in [0.25, 0.3) is 0 Å². The molecule has 2 N–H and O–H groups in total. The molecule has 0 bridgehead atoms. The van der Waals surface area contributed by atoms with Gasteiger partial charge < -0.3 is 44.4 Å². The van der Waals surface area contributed by atoms with Crippen LogP contribution >= 0.6 is 34.8 Å². The van der Waals surface area contributed by atoms with Crippen molar-refractivity contribution < 1.29 is 90.9 Å². The fourth-order valence-electron chi connectivity index (χ4n) is 8.59. The maximum Gasteiger partial charge on any atom is 0.434 e. The van der Waals surface area contributed by atoms with E-state index in [1.807, 2.05) is 49.9 Å². The molecule has 0 spiro atoms. The number of alkyl halides is 12. The second kappa shape index (κ2) is 28.6. The molecule has 4 heterocycles. The summed E-state index contributed by atoms with van der Waals surface area (Å²) in [7, 11) is 0. The molecular formula is C48H63Cl3F12N8O8. The van der Waals surface area contributed by atoms with Crippen molar-refractivity contribution >= 4 is 75.6 Å². The van der Waals surface area contributed by atoms with E-state index in [2.05, 4.69) is 52.5 Å². The van der Waals surface area contributed by atoms with Crippen LogP contribution in [0.5, 0.6) is 0 Å². The van der Waals surface area contributed by atoms with Crippen molar-refractivity contribution in [2.45, 2.75) is 123 Å². The Morgan fingerprint density at radius 3 is 1.20 bits per heavy atom. The lowest BCUT2D eigenvalue weighted by molar-refractivity contribution is -0.308. The van der Waals surface area contributed by atoms with Crippen molar-refractivity contribution in [1.82, 2.24) is 30.2 Å². The van der Waals surface area contributed by atoms with Crippen LogP contribution in [0.2, 0.25) is 10.0 Å². The average molecular weight is 1210 g/mol. The first-order valence-corrected chi connectivity index (χ1v) is 25.1. The van der Waals surface area contributed by atoms with Crippen molar-refractivity contribution in [3.63, 3.8) is 0 Å². The first kappa shape index (κ1) is 68.2. The van der Waals surface area contributed by atoms with Crippen LogP contribution in [0.4, 0.5) is 78.4 Å². The second-order valence-corrected chi connectivity index (χ2v) is 20.7. The Kier molecular flexibility index (Phi) is 24.7. The molecule has 2 aromatic rings. The third-order valence-corrected chi connectivity index (χ3v) is 12.6. The van der Waals surface area contributed by atoms with E-state index in [4.69, 9.17) is 27.9 Å². The van der Waals surface area contributed by atoms with Gasteiger partial charge in [0.25, 0.3) is 12.2 Å². The first-order chi connectivity index (χ1) is 35.9. The monoisotopic (exact) mass is 1210 g/mol. The minimum Gasteiger partial charge on any atom is -0.444 e. The van der Waals surface area contributed by atoms with Crippen LogP contribution in [0.1, 0.15) is 66.0 Å². The maximum atomic E-state index is 12.7. The number of nitrogens with one attached hydrogen (secondary N) is 2. The minimum atomic E-state index is -5.75. The summed E-state index contributed by atoms with van der Waals surface area (Å²) >= 11 is 16.7. The molecule has 0 saturated carbocycles. The molecule has 0 aliphatic carbocycles. The topological polar surface area (TPSA) is 157 Å². The Hall–Kier alpha value is -5.06. The van der Waals surface area contributed by atoms with Gasteiger partial charge in [-0.25, -0.2) is 14.4 Å². The van der Waals surface area contributed by atoms with Crippen LogP contribution in [0.3, 0.4) is 0 Å². The lowest BCUT2D eigenvalue weighted by Crippen LogP contribution is -2.52. The standard InChI is InChI=1S/C22H33ClN4O3.C21H25ClF6N4O3.C4HClF6O2.CH4/c1-16(28)24-19-7-8-27(15-19)20-13-18(23)6-5-17(20)14-25-9-11-26(12-10-25)21(29)30-22(2,3)4;1-13(33)29-16-4-5-32(12-16)17-10-15(22)3-2-14(17)11-30-6-8-31(9-7-30)19(34)35-18(20(23,24)25)21(26,27)28;5-2(12)13-1(3(6,7)8)4(9,10)11;/h5-6,13,19H,7-12,14-15H2,1-4H3,(H,24,28);2-3,10,16,18H,4-9,11-12H2,1H3,(H,29,33);1H;1H4.